The van der Waals surface area contributed by atoms with Gasteiger partial charge in [0.1, 0.15) is 0 Å². The predicted octanol–water partition coefficient (Wildman–Crippen LogP) is 4.44. The van der Waals surface area contributed by atoms with Crippen LogP contribution in [-0.2, 0) is 30.5 Å². The SMILES string of the molecule is CCc1cc(CCC(=O)c2sc(C)c3c2C[C@@H]2[C@H]3C2(C)C)cc(C)c1CCC(=O)NC(CO)CO. The normalized spacial score (nSPS) is 19.5. The molecule has 190 valence electrons. The zero-order valence-corrected chi connectivity index (χ0v) is 22.5. The molecule has 3 N–H and O–H groups in total. The number of aliphatic hydroxyl groups excluding tert-OH is 2. The van der Waals surface area contributed by atoms with Crippen molar-refractivity contribution < 1.29 is 19.8 Å². The zero-order valence-electron chi connectivity index (χ0n) is 21.7. The molecule has 2 aliphatic carbocycles. The van der Waals surface area contributed by atoms with E-state index >= 15 is 0 Å². The number of benzene rings is 1. The smallest absolute Gasteiger partial charge is 0.220 e. The summed E-state index contributed by atoms with van der Waals surface area (Å²) in [5.41, 5.74) is 7.94. The summed E-state index contributed by atoms with van der Waals surface area (Å²) in [4.78, 5) is 27.8. The molecule has 2 aromatic rings. The number of thiophene rings is 1. The van der Waals surface area contributed by atoms with Crippen molar-refractivity contribution >= 4 is 23.0 Å². The maximum Gasteiger partial charge on any atom is 0.220 e. The van der Waals surface area contributed by atoms with E-state index in [1.807, 2.05) is 0 Å². The zero-order chi connectivity index (χ0) is 25.5. The molecule has 1 amide bonds. The second kappa shape index (κ2) is 10.2. The van der Waals surface area contributed by atoms with Gasteiger partial charge in [0.05, 0.1) is 24.1 Å². The molecule has 6 heteroatoms. The Bertz CT molecular complexity index is 1130. The van der Waals surface area contributed by atoms with Crippen molar-refractivity contribution in [1.82, 2.24) is 5.32 Å². The lowest BCUT2D eigenvalue weighted by Gasteiger charge is -2.16. The Labute approximate surface area is 213 Å². The van der Waals surface area contributed by atoms with Crippen LogP contribution in [0, 0.1) is 25.2 Å². The minimum Gasteiger partial charge on any atom is -0.394 e. The van der Waals surface area contributed by atoms with Crippen molar-refractivity contribution in [3.63, 3.8) is 0 Å². The third kappa shape index (κ3) is 4.98. The van der Waals surface area contributed by atoms with Crippen LogP contribution in [0.2, 0.25) is 0 Å². The molecule has 0 radical (unpaired) electrons. The Morgan fingerprint density at radius 3 is 2.51 bits per heavy atom. The van der Waals surface area contributed by atoms with Crippen LogP contribution in [-0.4, -0.2) is 41.2 Å². The molecular formula is C29H39NO4S. The number of ketones is 1. The fourth-order valence-electron chi connectivity index (χ4n) is 6.20. The summed E-state index contributed by atoms with van der Waals surface area (Å²) >= 11 is 1.70. The highest BCUT2D eigenvalue weighted by Crippen LogP contribution is 2.71. The summed E-state index contributed by atoms with van der Waals surface area (Å²) in [7, 11) is 0. The van der Waals surface area contributed by atoms with Crippen molar-refractivity contribution in [1.29, 1.82) is 0 Å². The van der Waals surface area contributed by atoms with Crippen molar-refractivity contribution in [3.05, 3.63) is 55.3 Å². The largest absolute Gasteiger partial charge is 0.394 e. The van der Waals surface area contributed by atoms with Gasteiger partial charge in [0.25, 0.3) is 0 Å². The molecule has 2 atom stereocenters. The van der Waals surface area contributed by atoms with Gasteiger partial charge in [-0.2, -0.15) is 0 Å². The van der Waals surface area contributed by atoms with Crippen LogP contribution < -0.4 is 5.32 Å². The molecule has 1 fully saturated rings. The summed E-state index contributed by atoms with van der Waals surface area (Å²) in [6, 6.07) is 3.74. The Morgan fingerprint density at radius 1 is 1.14 bits per heavy atom. The third-order valence-corrected chi connectivity index (χ3v) is 9.53. The van der Waals surface area contributed by atoms with E-state index in [0.717, 1.165) is 29.7 Å². The van der Waals surface area contributed by atoms with Crippen LogP contribution in [0.1, 0.15) is 87.5 Å². The van der Waals surface area contributed by atoms with Crippen molar-refractivity contribution in [2.75, 3.05) is 13.2 Å². The number of amides is 1. The summed E-state index contributed by atoms with van der Waals surface area (Å²) in [5, 5.41) is 21.0. The number of nitrogens with one attached hydrogen (secondary N) is 1. The molecule has 0 aliphatic heterocycles. The van der Waals surface area contributed by atoms with E-state index in [4.69, 9.17) is 10.2 Å². The highest BCUT2D eigenvalue weighted by molar-refractivity contribution is 7.14. The molecule has 1 aromatic carbocycles. The quantitative estimate of drug-likeness (QED) is 0.401. The second-order valence-electron chi connectivity index (χ2n) is 10.9. The molecule has 0 unspecified atom stereocenters. The first-order valence-electron chi connectivity index (χ1n) is 12.9. The van der Waals surface area contributed by atoms with Gasteiger partial charge >= 0.3 is 0 Å². The highest BCUT2D eigenvalue weighted by atomic mass is 32.1. The Morgan fingerprint density at radius 2 is 1.86 bits per heavy atom. The summed E-state index contributed by atoms with van der Waals surface area (Å²) in [6.45, 7) is 10.5. The van der Waals surface area contributed by atoms with Crippen LogP contribution in [0.4, 0.5) is 0 Å². The van der Waals surface area contributed by atoms with Gasteiger partial charge in [-0.1, -0.05) is 32.9 Å². The molecule has 1 aromatic heterocycles. The molecule has 4 rings (SSSR count). The van der Waals surface area contributed by atoms with E-state index in [1.54, 1.807) is 11.3 Å². The first kappa shape index (κ1) is 26.1. The number of rotatable bonds is 11. The van der Waals surface area contributed by atoms with Gasteiger partial charge in [0.15, 0.2) is 5.78 Å². The van der Waals surface area contributed by atoms with Crippen LogP contribution >= 0.6 is 11.3 Å². The first-order valence-corrected chi connectivity index (χ1v) is 13.7. The first-order chi connectivity index (χ1) is 16.6. The maximum absolute atomic E-state index is 13.2. The van der Waals surface area contributed by atoms with E-state index in [1.165, 1.54) is 32.7 Å². The van der Waals surface area contributed by atoms with Crippen molar-refractivity contribution in [2.45, 2.75) is 85.1 Å². The van der Waals surface area contributed by atoms with Gasteiger partial charge in [0.2, 0.25) is 5.91 Å². The summed E-state index contributed by atoms with van der Waals surface area (Å²) in [5.74, 6) is 1.47. The average Bonchev–Trinajstić information content (AvgIpc) is 3.13. The van der Waals surface area contributed by atoms with Gasteiger partial charge in [-0.05, 0) is 90.2 Å². The molecule has 0 saturated heterocycles. The molecule has 2 aliphatic rings. The van der Waals surface area contributed by atoms with Crippen molar-refractivity contribution in [2.24, 2.45) is 11.3 Å². The average molecular weight is 498 g/mol. The molecule has 0 bridgehead atoms. The van der Waals surface area contributed by atoms with E-state index < -0.39 is 6.04 Å². The number of carbonyl (C=O) groups is 2. The van der Waals surface area contributed by atoms with Crippen LogP contribution in [0.15, 0.2) is 12.1 Å². The molecule has 35 heavy (non-hydrogen) atoms. The van der Waals surface area contributed by atoms with E-state index in [2.05, 4.69) is 52.1 Å². The lowest BCUT2D eigenvalue weighted by molar-refractivity contribution is -0.122. The number of fused-ring (bicyclic) bond motifs is 3. The maximum atomic E-state index is 13.2. The Kier molecular flexibility index (Phi) is 7.56. The van der Waals surface area contributed by atoms with Crippen LogP contribution in [0.5, 0.6) is 0 Å². The number of aryl methyl sites for hydroxylation is 4. The summed E-state index contributed by atoms with van der Waals surface area (Å²) < 4.78 is 0. The third-order valence-electron chi connectivity index (χ3n) is 8.33. The fourth-order valence-corrected chi connectivity index (χ4v) is 7.40. The van der Waals surface area contributed by atoms with Gasteiger partial charge in [-0.3, -0.25) is 9.59 Å². The molecular weight excluding hydrogens is 458 g/mol. The van der Waals surface area contributed by atoms with Crippen LogP contribution in [0.25, 0.3) is 0 Å². The minimum atomic E-state index is -0.611. The lowest BCUT2D eigenvalue weighted by atomic mass is 9.91. The van der Waals surface area contributed by atoms with Crippen LogP contribution in [0.3, 0.4) is 0 Å². The number of aliphatic hydroxyl groups is 2. The lowest BCUT2D eigenvalue weighted by Crippen LogP contribution is -2.40. The number of Topliss-reactive ketones (excluding diaryl/α,β-unsaturated/α-hetero) is 1. The predicted molar refractivity (Wildman–Crippen MR) is 140 cm³/mol. The van der Waals surface area contributed by atoms with Gasteiger partial charge < -0.3 is 15.5 Å². The molecule has 1 heterocycles. The van der Waals surface area contributed by atoms with Gasteiger partial charge in [-0.15, -0.1) is 11.3 Å². The van der Waals surface area contributed by atoms with E-state index in [-0.39, 0.29) is 24.9 Å². The standard InChI is InChI=1S/C29H39NO4S/c1-6-19-12-18(11-16(2)21(19)8-10-25(34)30-20(14-31)15-32)7-9-24(33)28-22-13-23-27(29(23,4)5)26(22)17(3)35-28/h11-12,20,23,27,31-32H,6-10,13-15H2,1-5H3,(H,30,34)/t23-,27-/m1/s1. The minimum absolute atomic E-state index is 0.172. The van der Waals surface area contributed by atoms with Gasteiger partial charge in [0, 0.05) is 17.7 Å². The number of carbonyl (C=O) groups excluding carboxylic acids is 2. The monoisotopic (exact) mass is 497 g/mol. The number of hydrogen-bond donors (Lipinski definition) is 3. The van der Waals surface area contributed by atoms with Gasteiger partial charge in [-0.25, -0.2) is 0 Å². The van der Waals surface area contributed by atoms with E-state index in [0.29, 0.717) is 36.5 Å². The van der Waals surface area contributed by atoms with E-state index in [9.17, 15) is 9.59 Å². The highest BCUT2D eigenvalue weighted by Gasteiger charge is 2.63. The van der Waals surface area contributed by atoms with Crippen molar-refractivity contribution in [3.8, 4) is 0 Å². The number of hydrogen-bond acceptors (Lipinski definition) is 5. The topological polar surface area (TPSA) is 86.6 Å². The molecule has 0 spiro atoms. The second-order valence-corrected chi connectivity index (χ2v) is 12.2. The fraction of sp³-hybridized carbons (Fsp3) is 0.586. The Balaban J connectivity index is 1.40. The molecule has 5 nitrogen and oxygen atoms in total. The Hall–Kier alpha value is -2.02. The summed E-state index contributed by atoms with van der Waals surface area (Å²) in [6.07, 6.45) is 4.11. The molecule has 1 saturated carbocycles.